The third kappa shape index (κ3) is 2.70. The highest BCUT2D eigenvalue weighted by Gasteiger charge is 2.19. The average molecular weight is 328 g/mol. The number of nitrogens with one attached hydrogen (secondary N) is 1. The van der Waals surface area contributed by atoms with Crippen molar-refractivity contribution >= 4 is 22.7 Å². The second kappa shape index (κ2) is 6.31. The maximum Gasteiger partial charge on any atom is 0.341 e. The molecule has 0 aliphatic carbocycles. The summed E-state index contributed by atoms with van der Waals surface area (Å²) < 4.78 is 8.63. The third-order valence-electron chi connectivity index (χ3n) is 4.05. The Bertz CT molecular complexity index is 895. The second-order valence-electron chi connectivity index (χ2n) is 5.51. The van der Waals surface area contributed by atoms with Crippen molar-refractivity contribution in [2.24, 2.45) is 14.1 Å². The summed E-state index contributed by atoms with van der Waals surface area (Å²) in [6.45, 7) is 4.63. The number of pyridine rings is 1. The second-order valence-corrected chi connectivity index (χ2v) is 5.51. The van der Waals surface area contributed by atoms with E-state index in [4.69, 9.17) is 4.74 Å². The molecule has 0 bridgehead atoms. The third-order valence-corrected chi connectivity index (χ3v) is 4.05. The van der Waals surface area contributed by atoms with Crippen LogP contribution in [0.2, 0.25) is 0 Å². The smallest absolute Gasteiger partial charge is 0.341 e. The van der Waals surface area contributed by atoms with Crippen molar-refractivity contribution in [3.05, 3.63) is 35.4 Å². The van der Waals surface area contributed by atoms with Gasteiger partial charge in [-0.1, -0.05) is 0 Å². The van der Waals surface area contributed by atoms with Crippen LogP contribution in [0, 0.1) is 6.92 Å². The first-order valence-corrected chi connectivity index (χ1v) is 7.72. The molecule has 0 saturated heterocycles. The maximum absolute atomic E-state index is 12.3. The van der Waals surface area contributed by atoms with E-state index in [0.29, 0.717) is 30.0 Å². The number of anilines is 1. The van der Waals surface area contributed by atoms with E-state index in [-0.39, 0.29) is 0 Å². The molecular formula is C16H20N6O2. The highest BCUT2D eigenvalue weighted by atomic mass is 16.5. The van der Waals surface area contributed by atoms with Gasteiger partial charge in [0.05, 0.1) is 30.1 Å². The minimum Gasteiger partial charge on any atom is -0.462 e. The van der Waals surface area contributed by atoms with Gasteiger partial charge in [-0.05, 0) is 13.8 Å². The fraction of sp³-hybridized carbons (Fsp3) is 0.375. The molecule has 3 rings (SSSR count). The van der Waals surface area contributed by atoms with Gasteiger partial charge in [0, 0.05) is 38.1 Å². The molecule has 24 heavy (non-hydrogen) atoms. The topological polar surface area (TPSA) is 86.9 Å². The first kappa shape index (κ1) is 16.0. The minimum absolute atomic E-state index is 0.311. The van der Waals surface area contributed by atoms with Crippen LogP contribution in [0.25, 0.3) is 11.0 Å². The zero-order chi connectivity index (χ0) is 17.3. The Morgan fingerprint density at radius 3 is 2.62 bits per heavy atom. The lowest BCUT2D eigenvalue weighted by Crippen LogP contribution is -2.11. The average Bonchev–Trinajstić information content (AvgIpc) is 3.10. The molecule has 3 aromatic rings. The van der Waals surface area contributed by atoms with Crippen LogP contribution in [-0.2, 0) is 25.4 Å². The Morgan fingerprint density at radius 2 is 1.96 bits per heavy atom. The number of hydrogen-bond donors (Lipinski definition) is 1. The molecular weight excluding hydrogens is 308 g/mol. The van der Waals surface area contributed by atoms with Gasteiger partial charge in [-0.3, -0.25) is 9.36 Å². The molecule has 0 radical (unpaired) electrons. The van der Waals surface area contributed by atoms with E-state index in [1.807, 2.05) is 31.9 Å². The van der Waals surface area contributed by atoms with Gasteiger partial charge in [0.1, 0.15) is 5.56 Å². The van der Waals surface area contributed by atoms with Crippen LogP contribution < -0.4 is 5.32 Å². The Balaban J connectivity index is 2.01. The van der Waals surface area contributed by atoms with Gasteiger partial charge in [0.25, 0.3) is 0 Å². The molecule has 126 valence electrons. The zero-order valence-corrected chi connectivity index (χ0v) is 14.2. The molecule has 3 aromatic heterocycles. The van der Waals surface area contributed by atoms with Crippen molar-refractivity contribution in [1.82, 2.24) is 24.5 Å². The van der Waals surface area contributed by atoms with Crippen LogP contribution >= 0.6 is 0 Å². The molecule has 0 aliphatic rings. The predicted molar refractivity (Wildman–Crippen MR) is 89.7 cm³/mol. The highest BCUT2D eigenvalue weighted by molar-refractivity contribution is 6.04. The first-order valence-electron chi connectivity index (χ1n) is 7.72. The number of hydrogen-bond acceptors (Lipinski definition) is 6. The summed E-state index contributed by atoms with van der Waals surface area (Å²) in [7, 11) is 3.71. The normalized spacial score (nSPS) is 11.0. The summed E-state index contributed by atoms with van der Waals surface area (Å²) in [5, 5.41) is 12.6. The van der Waals surface area contributed by atoms with Crippen LogP contribution in [0.15, 0.2) is 18.6 Å². The molecule has 8 nitrogen and oxygen atoms in total. The van der Waals surface area contributed by atoms with E-state index in [1.54, 1.807) is 17.8 Å². The van der Waals surface area contributed by atoms with Crippen molar-refractivity contribution in [2.45, 2.75) is 20.4 Å². The van der Waals surface area contributed by atoms with Crippen LogP contribution in [-0.4, -0.2) is 37.1 Å². The quantitative estimate of drug-likeness (QED) is 0.719. The van der Waals surface area contributed by atoms with Crippen molar-refractivity contribution in [3.63, 3.8) is 0 Å². The van der Waals surface area contributed by atoms with Crippen molar-refractivity contribution < 1.29 is 9.53 Å². The van der Waals surface area contributed by atoms with Gasteiger partial charge in [-0.2, -0.15) is 10.2 Å². The number of esters is 1. The maximum atomic E-state index is 12.3. The van der Waals surface area contributed by atoms with Gasteiger partial charge in [0.15, 0.2) is 5.65 Å². The number of fused-ring (bicyclic) bond motifs is 1. The van der Waals surface area contributed by atoms with Crippen molar-refractivity contribution in [2.75, 3.05) is 11.9 Å². The molecule has 0 unspecified atom stereocenters. The summed E-state index contributed by atoms with van der Waals surface area (Å²) in [5.41, 5.74) is 3.90. The van der Waals surface area contributed by atoms with Crippen LogP contribution in [0.3, 0.4) is 0 Å². The Hall–Kier alpha value is -2.90. The molecule has 0 amide bonds. The van der Waals surface area contributed by atoms with Crippen LogP contribution in [0.1, 0.15) is 28.5 Å². The fourth-order valence-electron chi connectivity index (χ4n) is 2.55. The van der Waals surface area contributed by atoms with Crippen LogP contribution in [0.5, 0.6) is 0 Å². The van der Waals surface area contributed by atoms with E-state index in [9.17, 15) is 4.79 Å². The number of aryl methyl sites for hydroxylation is 2. The van der Waals surface area contributed by atoms with Crippen LogP contribution in [0.4, 0.5) is 5.69 Å². The zero-order valence-electron chi connectivity index (χ0n) is 14.2. The molecule has 0 spiro atoms. The molecule has 0 saturated carbocycles. The van der Waals surface area contributed by atoms with E-state index in [2.05, 4.69) is 20.5 Å². The molecule has 0 aliphatic heterocycles. The van der Waals surface area contributed by atoms with E-state index in [0.717, 1.165) is 16.6 Å². The fourth-order valence-corrected chi connectivity index (χ4v) is 2.55. The van der Waals surface area contributed by atoms with Gasteiger partial charge in [-0.25, -0.2) is 9.78 Å². The number of ether oxygens (including phenoxy) is 1. The van der Waals surface area contributed by atoms with Gasteiger partial charge in [0.2, 0.25) is 0 Å². The van der Waals surface area contributed by atoms with Crippen molar-refractivity contribution in [3.8, 4) is 0 Å². The lowest BCUT2D eigenvalue weighted by atomic mass is 10.1. The number of carbonyl (C=O) groups excluding carboxylic acids is 1. The summed E-state index contributed by atoms with van der Waals surface area (Å²) in [6.07, 6.45) is 5.04. The number of nitrogens with zero attached hydrogens (tertiary/aromatic N) is 5. The molecule has 0 aromatic carbocycles. The van der Waals surface area contributed by atoms with Gasteiger partial charge >= 0.3 is 5.97 Å². The molecule has 8 heteroatoms. The van der Waals surface area contributed by atoms with E-state index in [1.165, 1.54) is 6.20 Å². The summed E-state index contributed by atoms with van der Waals surface area (Å²) in [5.74, 6) is -0.402. The van der Waals surface area contributed by atoms with Gasteiger partial charge < -0.3 is 10.1 Å². The molecule has 3 heterocycles. The number of carbonyl (C=O) groups is 1. The summed E-state index contributed by atoms with van der Waals surface area (Å²) in [6, 6.07) is 0. The first-order chi connectivity index (χ1) is 11.5. The Labute approximate surface area is 139 Å². The molecule has 1 N–H and O–H groups in total. The Morgan fingerprint density at radius 1 is 1.21 bits per heavy atom. The number of aromatic nitrogens is 5. The van der Waals surface area contributed by atoms with Gasteiger partial charge in [-0.15, -0.1) is 0 Å². The summed E-state index contributed by atoms with van der Waals surface area (Å²) >= 11 is 0. The molecule has 0 fully saturated rings. The SMILES string of the molecule is CCOC(=O)c1cnc2c(cnn2C)c1NCc1cnn(C)c1C. The minimum atomic E-state index is -0.402. The standard InChI is InChI=1S/C16H20N6O2/c1-5-24-16(23)13-8-18-15-12(9-20-22(15)4)14(13)17-6-11-7-19-21(3)10(11)2/h7-9H,5-6H2,1-4H3,(H,17,18). The molecule has 0 atom stereocenters. The lowest BCUT2D eigenvalue weighted by molar-refractivity contribution is 0.0527. The number of rotatable bonds is 5. The largest absolute Gasteiger partial charge is 0.462 e. The van der Waals surface area contributed by atoms with E-state index >= 15 is 0 Å². The summed E-state index contributed by atoms with van der Waals surface area (Å²) in [4.78, 5) is 16.6. The van der Waals surface area contributed by atoms with Crippen molar-refractivity contribution in [1.29, 1.82) is 0 Å². The monoisotopic (exact) mass is 328 g/mol. The lowest BCUT2D eigenvalue weighted by Gasteiger charge is -2.12. The highest BCUT2D eigenvalue weighted by Crippen LogP contribution is 2.27. The van der Waals surface area contributed by atoms with E-state index < -0.39 is 5.97 Å². The predicted octanol–water partition coefficient (Wildman–Crippen LogP) is 1.80. The Kier molecular flexibility index (Phi) is 4.20.